The van der Waals surface area contributed by atoms with E-state index in [1.807, 2.05) is 0 Å². The smallest absolute Gasteiger partial charge is 0.168 e. The molecule has 0 aromatic carbocycles. The fourth-order valence-electron chi connectivity index (χ4n) is 1.79. The van der Waals surface area contributed by atoms with E-state index in [0.29, 0.717) is 5.92 Å². The fourth-order valence-corrected chi connectivity index (χ4v) is 1.79. The molecule has 0 amide bonds. The summed E-state index contributed by atoms with van der Waals surface area (Å²) in [7, 11) is 0. The average Bonchev–Trinajstić information content (AvgIpc) is 2.04. The van der Waals surface area contributed by atoms with Gasteiger partial charge in [0.15, 0.2) is 5.79 Å². The van der Waals surface area contributed by atoms with Gasteiger partial charge in [0.05, 0.1) is 13.2 Å². The lowest BCUT2D eigenvalue weighted by molar-refractivity contribution is -0.316. The van der Waals surface area contributed by atoms with Crippen molar-refractivity contribution in [3.8, 4) is 0 Å². The maximum atomic E-state index is 5.69. The van der Waals surface area contributed by atoms with E-state index in [1.165, 1.54) is 6.42 Å². The van der Waals surface area contributed by atoms with Gasteiger partial charge in [0, 0.05) is 18.8 Å². The molecule has 1 aliphatic heterocycles. The SMILES string of the molecule is [CH]CCC1COC2(CCC2)OC1. The molecule has 1 saturated carbocycles. The molecule has 0 unspecified atom stereocenters. The zero-order valence-corrected chi connectivity index (χ0v) is 7.42. The van der Waals surface area contributed by atoms with Gasteiger partial charge in [-0.05, 0) is 26.2 Å². The molecule has 2 rings (SSSR count). The molecule has 2 aliphatic rings. The van der Waals surface area contributed by atoms with Crippen molar-refractivity contribution in [2.45, 2.75) is 37.9 Å². The van der Waals surface area contributed by atoms with Crippen LogP contribution in [0.3, 0.4) is 0 Å². The maximum Gasteiger partial charge on any atom is 0.168 e. The Morgan fingerprint density at radius 1 is 1.25 bits per heavy atom. The molecule has 1 heterocycles. The minimum absolute atomic E-state index is 0.162. The Morgan fingerprint density at radius 3 is 2.33 bits per heavy atom. The number of hydrogen-bond acceptors (Lipinski definition) is 2. The van der Waals surface area contributed by atoms with E-state index in [2.05, 4.69) is 0 Å². The van der Waals surface area contributed by atoms with Crippen LogP contribution in [0, 0.1) is 12.8 Å². The van der Waals surface area contributed by atoms with E-state index in [4.69, 9.17) is 16.4 Å². The molecule has 0 aromatic heterocycles. The molecule has 0 bridgehead atoms. The largest absolute Gasteiger partial charge is 0.350 e. The molecule has 0 N–H and O–H groups in total. The van der Waals surface area contributed by atoms with Crippen LogP contribution in [-0.4, -0.2) is 19.0 Å². The van der Waals surface area contributed by atoms with Crippen LogP contribution < -0.4 is 0 Å². The molecule has 2 heteroatoms. The summed E-state index contributed by atoms with van der Waals surface area (Å²) in [5.74, 6) is 0.367. The van der Waals surface area contributed by atoms with Crippen molar-refractivity contribution in [3.63, 3.8) is 0 Å². The summed E-state index contributed by atoms with van der Waals surface area (Å²) in [4.78, 5) is 0. The first-order valence-corrected chi connectivity index (χ1v) is 4.83. The van der Waals surface area contributed by atoms with Crippen LogP contribution in [0.1, 0.15) is 32.1 Å². The minimum atomic E-state index is -0.162. The highest BCUT2D eigenvalue weighted by atomic mass is 16.7. The monoisotopic (exact) mass is 168 g/mol. The highest BCUT2D eigenvalue weighted by molar-refractivity contribution is 4.84. The van der Waals surface area contributed by atoms with Crippen molar-refractivity contribution < 1.29 is 9.47 Å². The van der Waals surface area contributed by atoms with Crippen LogP contribution in [0.5, 0.6) is 0 Å². The summed E-state index contributed by atoms with van der Waals surface area (Å²) in [6.07, 6.45) is 5.19. The van der Waals surface area contributed by atoms with Gasteiger partial charge in [-0.25, -0.2) is 0 Å². The van der Waals surface area contributed by atoms with Crippen LogP contribution in [-0.2, 0) is 9.47 Å². The Bertz CT molecular complexity index is 142. The van der Waals surface area contributed by atoms with Crippen molar-refractivity contribution >= 4 is 0 Å². The standard InChI is InChI=1S/C10H16O2/c1-2-4-9-7-11-10(12-8-9)5-3-6-10/h1,9H,2-8H2. The lowest BCUT2D eigenvalue weighted by Gasteiger charge is -2.46. The van der Waals surface area contributed by atoms with Gasteiger partial charge in [0.25, 0.3) is 0 Å². The van der Waals surface area contributed by atoms with Crippen LogP contribution in [0.25, 0.3) is 0 Å². The Balaban J connectivity index is 1.77. The number of ether oxygens (including phenoxy) is 2. The van der Waals surface area contributed by atoms with Crippen molar-refractivity contribution in [2.75, 3.05) is 13.2 Å². The molecule has 2 nitrogen and oxygen atoms in total. The van der Waals surface area contributed by atoms with Crippen LogP contribution in [0.4, 0.5) is 0 Å². The van der Waals surface area contributed by atoms with Gasteiger partial charge in [-0.15, -0.1) is 0 Å². The second-order valence-corrected chi connectivity index (χ2v) is 3.83. The lowest BCUT2D eigenvalue weighted by Crippen LogP contribution is -2.49. The van der Waals surface area contributed by atoms with E-state index < -0.39 is 0 Å². The lowest BCUT2D eigenvalue weighted by atomic mass is 9.89. The first-order valence-electron chi connectivity index (χ1n) is 4.83. The summed E-state index contributed by atoms with van der Waals surface area (Å²) in [5, 5.41) is 0. The van der Waals surface area contributed by atoms with Crippen molar-refractivity contribution in [1.82, 2.24) is 0 Å². The molecule has 1 saturated heterocycles. The van der Waals surface area contributed by atoms with E-state index in [9.17, 15) is 0 Å². The topological polar surface area (TPSA) is 18.5 Å². The third-order valence-corrected chi connectivity index (χ3v) is 2.85. The van der Waals surface area contributed by atoms with Crippen molar-refractivity contribution in [1.29, 1.82) is 0 Å². The van der Waals surface area contributed by atoms with Crippen LogP contribution in [0.2, 0.25) is 0 Å². The van der Waals surface area contributed by atoms with Crippen molar-refractivity contribution in [2.24, 2.45) is 5.92 Å². The third kappa shape index (κ3) is 1.50. The number of rotatable bonds is 2. The van der Waals surface area contributed by atoms with E-state index in [1.54, 1.807) is 0 Å². The Kier molecular flexibility index (Phi) is 2.37. The summed E-state index contributed by atoms with van der Waals surface area (Å²) in [6.45, 7) is 7.15. The highest BCUT2D eigenvalue weighted by Gasteiger charge is 2.42. The second-order valence-electron chi connectivity index (χ2n) is 3.83. The molecule has 2 radical (unpaired) electrons. The van der Waals surface area contributed by atoms with E-state index in [0.717, 1.165) is 38.9 Å². The first kappa shape index (κ1) is 8.52. The van der Waals surface area contributed by atoms with Gasteiger partial charge >= 0.3 is 0 Å². The summed E-state index contributed by atoms with van der Waals surface area (Å²) >= 11 is 0. The van der Waals surface area contributed by atoms with Gasteiger partial charge in [0.2, 0.25) is 0 Å². The van der Waals surface area contributed by atoms with Crippen LogP contribution in [0.15, 0.2) is 0 Å². The number of hydrogen-bond donors (Lipinski definition) is 0. The van der Waals surface area contributed by atoms with E-state index >= 15 is 0 Å². The molecular weight excluding hydrogens is 152 g/mol. The van der Waals surface area contributed by atoms with Gasteiger partial charge in [-0.3, -0.25) is 0 Å². The molecule has 0 atom stereocenters. The average molecular weight is 168 g/mol. The van der Waals surface area contributed by atoms with Crippen molar-refractivity contribution in [3.05, 3.63) is 6.92 Å². The molecule has 1 spiro atoms. The predicted molar refractivity (Wildman–Crippen MR) is 45.5 cm³/mol. The van der Waals surface area contributed by atoms with Gasteiger partial charge in [0.1, 0.15) is 0 Å². The molecule has 2 fully saturated rings. The van der Waals surface area contributed by atoms with E-state index in [-0.39, 0.29) is 5.79 Å². The molecule has 12 heavy (non-hydrogen) atoms. The minimum Gasteiger partial charge on any atom is -0.350 e. The van der Waals surface area contributed by atoms with Gasteiger partial charge in [-0.2, -0.15) is 0 Å². The first-order chi connectivity index (χ1) is 5.85. The molecule has 68 valence electrons. The zero-order chi connectivity index (χ0) is 8.44. The predicted octanol–water partition coefficient (Wildman–Crippen LogP) is 2.02. The highest BCUT2D eigenvalue weighted by Crippen LogP contribution is 2.40. The molecule has 0 aromatic rings. The summed E-state index contributed by atoms with van der Waals surface area (Å²) in [5.41, 5.74) is 0. The van der Waals surface area contributed by atoms with Gasteiger partial charge in [-0.1, -0.05) is 0 Å². The summed E-state index contributed by atoms with van der Waals surface area (Å²) < 4.78 is 11.4. The Hall–Kier alpha value is -0.0800. The second kappa shape index (κ2) is 3.35. The Morgan fingerprint density at radius 2 is 1.92 bits per heavy atom. The molecular formula is C10H16O2. The third-order valence-electron chi connectivity index (χ3n) is 2.85. The zero-order valence-electron chi connectivity index (χ0n) is 7.42. The van der Waals surface area contributed by atoms with Crippen LogP contribution >= 0.6 is 0 Å². The maximum absolute atomic E-state index is 5.69. The quantitative estimate of drug-likeness (QED) is 0.628. The van der Waals surface area contributed by atoms with Gasteiger partial charge < -0.3 is 9.47 Å². The molecule has 1 aliphatic carbocycles. The fraction of sp³-hybridized carbons (Fsp3) is 0.900. The Labute approximate surface area is 74.2 Å². The normalized spacial score (nSPS) is 28.8. The summed E-state index contributed by atoms with van der Waals surface area (Å²) in [6, 6.07) is 0.